The van der Waals surface area contributed by atoms with E-state index in [-0.39, 0.29) is 17.6 Å². The van der Waals surface area contributed by atoms with E-state index in [0.29, 0.717) is 61.3 Å². The van der Waals surface area contributed by atoms with Gasteiger partial charge in [0.05, 0.1) is 40.3 Å². The molecule has 4 rings (SSSR count). The second-order valence-electron chi connectivity index (χ2n) is 9.92. The Kier molecular flexibility index (Phi) is 10.0. The number of halogens is 1. The number of ether oxygens (including phenoxy) is 4. The van der Waals surface area contributed by atoms with E-state index >= 15 is 0 Å². The largest absolute Gasteiger partial charge is 0.493 e. The highest BCUT2D eigenvalue weighted by molar-refractivity contribution is 5.93. The van der Waals surface area contributed by atoms with Gasteiger partial charge in [-0.2, -0.15) is 0 Å². The Morgan fingerprint density at radius 2 is 1.29 bits per heavy atom. The van der Waals surface area contributed by atoms with E-state index in [1.165, 1.54) is 24.3 Å². The highest BCUT2D eigenvalue weighted by Gasteiger charge is 2.35. The van der Waals surface area contributed by atoms with Crippen LogP contribution in [0.1, 0.15) is 17.5 Å². The molecule has 0 spiro atoms. The summed E-state index contributed by atoms with van der Waals surface area (Å²) >= 11 is 0. The summed E-state index contributed by atoms with van der Waals surface area (Å²) in [6, 6.07) is 16.8. The number of piperidine rings is 1. The standard InChI is InChI=1S/C31H36FN3O6/c1-38-26-11-5-20(13-28(26)40-3)16-33-30(36)22-15-23(31(37)34-25-9-7-24(32)8-10-25)19-35(18-22)17-21-6-12-27(39-2)29(14-21)41-4/h5-14,22-23H,15-19H2,1-4H3,(H,33,36)(H,34,37)/t22-,23+/m0/s1. The number of methoxy groups -OCH3 is 4. The molecule has 10 heteroatoms. The van der Waals surface area contributed by atoms with E-state index in [1.807, 2.05) is 30.3 Å². The molecule has 1 aliphatic rings. The Labute approximate surface area is 239 Å². The van der Waals surface area contributed by atoms with Gasteiger partial charge >= 0.3 is 0 Å². The number of rotatable bonds is 11. The van der Waals surface area contributed by atoms with Crippen LogP contribution in [0.25, 0.3) is 0 Å². The molecule has 3 aromatic carbocycles. The molecule has 0 saturated carbocycles. The minimum atomic E-state index is -0.453. The minimum Gasteiger partial charge on any atom is -0.493 e. The molecule has 0 bridgehead atoms. The molecule has 2 atom stereocenters. The van der Waals surface area contributed by atoms with E-state index in [2.05, 4.69) is 15.5 Å². The minimum absolute atomic E-state index is 0.142. The molecule has 0 aliphatic carbocycles. The molecule has 218 valence electrons. The number of anilines is 1. The lowest BCUT2D eigenvalue weighted by molar-refractivity contribution is -0.130. The van der Waals surface area contributed by atoms with Gasteiger partial charge in [0, 0.05) is 31.9 Å². The van der Waals surface area contributed by atoms with Gasteiger partial charge in [-0.15, -0.1) is 0 Å². The van der Waals surface area contributed by atoms with Crippen molar-refractivity contribution in [3.63, 3.8) is 0 Å². The third-order valence-electron chi connectivity index (χ3n) is 7.15. The zero-order valence-corrected chi connectivity index (χ0v) is 23.7. The van der Waals surface area contributed by atoms with Crippen LogP contribution in [0.3, 0.4) is 0 Å². The van der Waals surface area contributed by atoms with Gasteiger partial charge in [-0.3, -0.25) is 14.5 Å². The number of nitrogens with one attached hydrogen (secondary N) is 2. The Morgan fingerprint density at radius 3 is 1.88 bits per heavy atom. The number of amides is 2. The zero-order valence-electron chi connectivity index (χ0n) is 23.7. The summed E-state index contributed by atoms with van der Waals surface area (Å²) in [6.07, 6.45) is 0.382. The van der Waals surface area contributed by atoms with Crippen LogP contribution in [0.15, 0.2) is 60.7 Å². The number of hydrogen-bond donors (Lipinski definition) is 2. The van der Waals surface area contributed by atoms with Crippen LogP contribution in [0.4, 0.5) is 10.1 Å². The third-order valence-corrected chi connectivity index (χ3v) is 7.15. The Morgan fingerprint density at radius 1 is 0.756 bits per heavy atom. The fraction of sp³-hybridized carbons (Fsp3) is 0.355. The van der Waals surface area contributed by atoms with Crippen LogP contribution < -0.4 is 29.6 Å². The Balaban J connectivity index is 1.49. The van der Waals surface area contributed by atoms with Gasteiger partial charge < -0.3 is 29.6 Å². The van der Waals surface area contributed by atoms with Crippen LogP contribution in [-0.4, -0.2) is 58.2 Å². The summed E-state index contributed by atoms with van der Waals surface area (Å²) in [5.41, 5.74) is 2.33. The van der Waals surface area contributed by atoms with Crippen molar-refractivity contribution in [2.24, 2.45) is 11.8 Å². The summed E-state index contributed by atoms with van der Waals surface area (Å²) in [4.78, 5) is 28.8. The molecule has 1 fully saturated rings. The van der Waals surface area contributed by atoms with Crippen molar-refractivity contribution in [1.82, 2.24) is 10.2 Å². The van der Waals surface area contributed by atoms with Gasteiger partial charge in [0.1, 0.15) is 5.82 Å². The first-order valence-electron chi connectivity index (χ1n) is 13.3. The molecule has 1 heterocycles. The van der Waals surface area contributed by atoms with E-state index in [1.54, 1.807) is 34.5 Å². The lowest BCUT2D eigenvalue weighted by Crippen LogP contribution is -2.48. The van der Waals surface area contributed by atoms with Crippen molar-refractivity contribution >= 4 is 17.5 Å². The van der Waals surface area contributed by atoms with Crippen LogP contribution >= 0.6 is 0 Å². The van der Waals surface area contributed by atoms with Gasteiger partial charge in [-0.25, -0.2) is 4.39 Å². The highest BCUT2D eigenvalue weighted by Crippen LogP contribution is 2.31. The fourth-order valence-corrected chi connectivity index (χ4v) is 5.04. The number of carbonyl (C=O) groups is 2. The summed E-state index contributed by atoms with van der Waals surface area (Å²) in [5, 5.41) is 5.89. The maximum Gasteiger partial charge on any atom is 0.228 e. The zero-order chi connectivity index (χ0) is 29.4. The Hall–Kier alpha value is -4.31. The van der Waals surface area contributed by atoms with Gasteiger partial charge in [0.25, 0.3) is 0 Å². The van der Waals surface area contributed by atoms with Crippen molar-refractivity contribution < 1.29 is 32.9 Å². The highest BCUT2D eigenvalue weighted by atomic mass is 19.1. The van der Waals surface area contributed by atoms with Crippen LogP contribution in [0, 0.1) is 17.7 Å². The summed E-state index contributed by atoms with van der Waals surface area (Å²) in [7, 11) is 6.29. The average Bonchev–Trinajstić information content (AvgIpc) is 3.00. The summed E-state index contributed by atoms with van der Waals surface area (Å²) in [6.45, 7) is 1.76. The number of nitrogens with zero attached hydrogens (tertiary/aromatic N) is 1. The van der Waals surface area contributed by atoms with Crippen LogP contribution in [0.2, 0.25) is 0 Å². The fourth-order valence-electron chi connectivity index (χ4n) is 5.04. The molecule has 3 aromatic rings. The molecule has 0 unspecified atom stereocenters. The normalized spacial score (nSPS) is 16.9. The second-order valence-corrected chi connectivity index (χ2v) is 9.92. The monoisotopic (exact) mass is 565 g/mol. The molecular weight excluding hydrogens is 529 g/mol. The third kappa shape index (κ3) is 7.67. The van der Waals surface area contributed by atoms with Gasteiger partial charge in [0.15, 0.2) is 23.0 Å². The van der Waals surface area contributed by atoms with Crippen molar-refractivity contribution in [2.45, 2.75) is 19.5 Å². The maximum atomic E-state index is 13.4. The molecule has 41 heavy (non-hydrogen) atoms. The molecule has 0 radical (unpaired) electrons. The molecule has 9 nitrogen and oxygen atoms in total. The molecular formula is C31H36FN3O6. The lowest BCUT2D eigenvalue weighted by Gasteiger charge is -2.36. The summed E-state index contributed by atoms with van der Waals surface area (Å²) in [5.74, 6) is 0.802. The predicted molar refractivity (Wildman–Crippen MR) is 153 cm³/mol. The van der Waals surface area contributed by atoms with Gasteiger partial charge in [-0.05, 0) is 66.1 Å². The molecule has 1 saturated heterocycles. The van der Waals surface area contributed by atoms with E-state index in [4.69, 9.17) is 18.9 Å². The van der Waals surface area contributed by atoms with Gasteiger partial charge in [0.2, 0.25) is 11.8 Å². The number of carbonyl (C=O) groups excluding carboxylic acids is 2. The first-order valence-corrected chi connectivity index (χ1v) is 13.3. The molecule has 0 aromatic heterocycles. The number of likely N-dealkylation sites (tertiary alicyclic amines) is 1. The van der Waals surface area contributed by atoms with Gasteiger partial charge in [-0.1, -0.05) is 12.1 Å². The summed E-state index contributed by atoms with van der Waals surface area (Å²) < 4.78 is 34.8. The number of benzene rings is 3. The smallest absolute Gasteiger partial charge is 0.228 e. The number of hydrogen-bond acceptors (Lipinski definition) is 7. The van der Waals surface area contributed by atoms with Crippen molar-refractivity contribution in [3.8, 4) is 23.0 Å². The van der Waals surface area contributed by atoms with E-state index < -0.39 is 11.8 Å². The van der Waals surface area contributed by atoms with Crippen molar-refractivity contribution in [3.05, 3.63) is 77.6 Å². The van der Waals surface area contributed by atoms with Crippen LogP contribution in [-0.2, 0) is 22.7 Å². The first-order chi connectivity index (χ1) is 19.8. The Bertz CT molecular complexity index is 1350. The SMILES string of the molecule is COc1ccc(CNC(=O)[C@H]2C[C@@H](C(=O)Nc3ccc(F)cc3)CN(Cc3ccc(OC)c(OC)c3)C2)cc1OC. The molecule has 2 amide bonds. The maximum absolute atomic E-state index is 13.4. The van der Waals surface area contributed by atoms with Crippen molar-refractivity contribution in [1.29, 1.82) is 0 Å². The molecule has 1 aliphatic heterocycles. The lowest BCUT2D eigenvalue weighted by atomic mass is 9.87. The van der Waals surface area contributed by atoms with E-state index in [9.17, 15) is 14.0 Å². The quantitative estimate of drug-likeness (QED) is 0.359. The predicted octanol–water partition coefficient (Wildman–Crippen LogP) is 4.25. The average molecular weight is 566 g/mol. The van der Waals surface area contributed by atoms with Crippen molar-refractivity contribution in [2.75, 3.05) is 46.8 Å². The first kappa shape index (κ1) is 29.7. The van der Waals surface area contributed by atoms with Crippen LogP contribution in [0.5, 0.6) is 23.0 Å². The topological polar surface area (TPSA) is 98.4 Å². The molecule has 2 N–H and O–H groups in total. The second kappa shape index (κ2) is 13.8. The van der Waals surface area contributed by atoms with E-state index in [0.717, 1.165) is 11.1 Å².